The molecule has 1 fully saturated rings. The van der Waals surface area contributed by atoms with E-state index in [-0.39, 0.29) is 17.3 Å². The molecule has 3 heterocycles. The van der Waals surface area contributed by atoms with Gasteiger partial charge in [0.2, 0.25) is 11.2 Å². The second kappa shape index (κ2) is 7.44. The molecule has 4 rings (SSSR count). The molecular weight excluding hydrogens is 348 g/mol. The van der Waals surface area contributed by atoms with Gasteiger partial charge in [-0.2, -0.15) is 0 Å². The standard InChI is InChI=1S/C20H22N2O5/c23-18-9-17(12-21-10-14-3-1-2-4-15(14)11-21)26-13-19(18)27-16-5-7-22(8-6-16)20(24)25/h1-4,9,13,16H,5-8,10-12H2,(H,24,25). The molecule has 1 saturated heterocycles. The van der Waals surface area contributed by atoms with Gasteiger partial charge in [-0.05, 0) is 11.1 Å². The topological polar surface area (TPSA) is 83.2 Å². The maximum atomic E-state index is 12.4. The highest BCUT2D eigenvalue weighted by molar-refractivity contribution is 5.65. The van der Waals surface area contributed by atoms with Crippen molar-refractivity contribution < 1.29 is 19.1 Å². The highest BCUT2D eigenvalue weighted by atomic mass is 16.5. The minimum absolute atomic E-state index is 0.164. The Morgan fingerprint density at radius 2 is 1.85 bits per heavy atom. The van der Waals surface area contributed by atoms with Gasteiger partial charge in [0.25, 0.3) is 0 Å². The molecule has 142 valence electrons. The predicted octanol–water partition coefficient (Wildman–Crippen LogP) is 2.68. The number of likely N-dealkylation sites (tertiary alicyclic amines) is 1. The fourth-order valence-corrected chi connectivity index (χ4v) is 3.69. The van der Waals surface area contributed by atoms with Crippen LogP contribution in [0.5, 0.6) is 5.75 Å². The maximum absolute atomic E-state index is 12.4. The molecule has 7 nitrogen and oxygen atoms in total. The van der Waals surface area contributed by atoms with Gasteiger partial charge in [-0.15, -0.1) is 0 Å². The Morgan fingerprint density at radius 1 is 1.19 bits per heavy atom. The van der Waals surface area contributed by atoms with Gasteiger partial charge in [0.15, 0.2) is 0 Å². The van der Waals surface area contributed by atoms with E-state index in [0.29, 0.717) is 38.2 Å². The van der Waals surface area contributed by atoms with Crippen molar-refractivity contribution in [1.29, 1.82) is 0 Å². The van der Waals surface area contributed by atoms with E-state index in [0.717, 1.165) is 13.1 Å². The van der Waals surface area contributed by atoms with Gasteiger partial charge in [-0.1, -0.05) is 24.3 Å². The number of carboxylic acid groups (broad SMARTS) is 1. The van der Waals surface area contributed by atoms with Crippen molar-refractivity contribution >= 4 is 6.09 Å². The monoisotopic (exact) mass is 370 g/mol. The quantitative estimate of drug-likeness (QED) is 0.891. The fourth-order valence-electron chi connectivity index (χ4n) is 3.69. The van der Waals surface area contributed by atoms with Crippen LogP contribution in [0.4, 0.5) is 4.79 Å². The van der Waals surface area contributed by atoms with Crippen LogP contribution in [0.2, 0.25) is 0 Å². The van der Waals surface area contributed by atoms with Crippen LogP contribution in [0.25, 0.3) is 0 Å². The highest BCUT2D eigenvalue weighted by Gasteiger charge is 2.24. The molecule has 1 amide bonds. The summed E-state index contributed by atoms with van der Waals surface area (Å²) in [5.74, 6) is 0.804. The number of benzene rings is 1. The number of nitrogens with zero attached hydrogens (tertiary/aromatic N) is 2. The molecule has 2 aliphatic rings. The summed E-state index contributed by atoms with van der Waals surface area (Å²) in [6, 6.07) is 9.81. The first-order valence-corrected chi connectivity index (χ1v) is 9.14. The van der Waals surface area contributed by atoms with E-state index in [2.05, 4.69) is 17.0 Å². The first-order valence-electron chi connectivity index (χ1n) is 9.14. The number of carbonyl (C=O) groups is 1. The summed E-state index contributed by atoms with van der Waals surface area (Å²) in [5.41, 5.74) is 2.42. The van der Waals surface area contributed by atoms with Gasteiger partial charge < -0.3 is 19.2 Å². The Bertz CT molecular complexity index is 861. The number of fused-ring (bicyclic) bond motifs is 1. The summed E-state index contributed by atoms with van der Waals surface area (Å²) < 4.78 is 11.4. The lowest BCUT2D eigenvalue weighted by Gasteiger charge is -2.29. The van der Waals surface area contributed by atoms with Crippen molar-refractivity contribution in [2.75, 3.05) is 13.1 Å². The molecule has 0 atom stereocenters. The number of hydrogen-bond acceptors (Lipinski definition) is 5. The molecule has 1 aromatic heterocycles. The third kappa shape index (κ3) is 3.98. The van der Waals surface area contributed by atoms with Crippen molar-refractivity contribution in [2.24, 2.45) is 0 Å². The van der Waals surface area contributed by atoms with Crippen LogP contribution in [0.1, 0.15) is 29.7 Å². The van der Waals surface area contributed by atoms with Crippen LogP contribution in [-0.4, -0.2) is 40.2 Å². The van der Waals surface area contributed by atoms with Gasteiger partial charge >= 0.3 is 6.09 Å². The zero-order chi connectivity index (χ0) is 18.8. The lowest BCUT2D eigenvalue weighted by atomic mass is 10.1. The van der Waals surface area contributed by atoms with Gasteiger partial charge in [-0.25, -0.2) is 4.79 Å². The van der Waals surface area contributed by atoms with Gasteiger partial charge in [0.1, 0.15) is 18.1 Å². The molecule has 0 spiro atoms. The van der Waals surface area contributed by atoms with Crippen LogP contribution in [-0.2, 0) is 19.6 Å². The molecule has 0 aliphatic carbocycles. The zero-order valence-electron chi connectivity index (χ0n) is 15.0. The second-order valence-corrected chi connectivity index (χ2v) is 7.08. The Morgan fingerprint density at radius 3 is 2.44 bits per heavy atom. The summed E-state index contributed by atoms with van der Waals surface area (Å²) >= 11 is 0. The fraction of sp³-hybridized carbons (Fsp3) is 0.400. The van der Waals surface area contributed by atoms with Crippen molar-refractivity contribution in [3.63, 3.8) is 0 Å². The molecule has 0 bridgehead atoms. The largest absolute Gasteiger partial charge is 0.483 e. The molecule has 2 aromatic rings. The molecule has 2 aliphatic heterocycles. The lowest BCUT2D eigenvalue weighted by molar-refractivity contribution is 0.0873. The normalized spacial score (nSPS) is 17.7. The Hall–Kier alpha value is -2.80. The van der Waals surface area contributed by atoms with Crippen LogP contribution in [0.15, 0.2) is 45.8 Å². The molecule has 27 heavy (non-hydrogen) atoms. The first kappa shape index (κ1) is 17.6. The van der Waals surface area contributed by atoms with Gasteiger partial charge in [0.05, 0.1) is 6.54 Å². The molecule has 1 aromatic carbocycles. The Labute approximate surface area is 156 Å². The van der Waals surface area contributed by atoms with E-state index in [4.69, 9.17) is 14.3 Å². The first-order chi connectivity index (χ1) is 13.1. The summed E-state index contributed by atoms with van der Waals surface area (Å²) in [6.07, 6.45) is 1.44. The number of rotatable bonds is 4. The van der Waals surface area contributed by atoms with Crippen molar-refractivity contribution in [2.45, 2.75) is 38.6 Å². The van der Waals surface area contributed by atoms with E-state index in [9.17, 15) is 9.59 Å². The third-order valence-corrected chi connectivity index (χ3v) is 5.14. The Balaban J connectivity index is 1.35. The van der Waals surface area contributed by atoms with Crippen LogP contribution in [0.3, 0.4) is 0 Å². The SMILES string of the molecule is O=C(O)N1CCC(Oc2coc(CN3Cc4ccccc4C3)cc2=O)CC1. The summed E-state index contributed by atoms with van der Waals surface area (Å²) in [5, 5.41) is 8.98. The van der Waals surface area contributed by atoms with E-state index in [1.807, 2.05) is 12.1 Å². The van der Waals surface area contributed by atoms with Crippen molar-refractivity contribution in [3.8, 4) is 5.75 Å². The van der Waals surface area contributed by atoms with E-state index >= 15 is 0 Å². The zero-order valence-corrected chi connectivity index (χ0v) is 15.0. The molecule has 0 unspecified atom stereocenters. The Kier molecular flexibility index (Phi) is 4.85. The van der Waals surface area contributed by atoms with E-state index in [1.54, 1.807) is 0 Å². The maximum Gasteiger partial charge on any atom is 0.407 e. The van der Waals surface area contributed by atoms with Crippen LogP contribution < -0.4 is 10.2 Å². The van der Waals surface area contributed by atoms with Crippen LogP contribution >= 0.6 is 0 Å². The summed E-state index contributed by atoms with van der Waals surface area (Å²) in [6.45, 7) is 3.10. The number of piperidine rings is 1. The minimum Gasteiger partial charge on any atom is -0.483 e. The molecule has 0 radical (unpaired) electrons. The van der Waals surface area contributed by atoms with Crippen molar-refractivity contribution in [1.82, 2.24) is 9.80 Å². The smallest absolute Gasteiger partial charge is 0.407 e. The van der Waals surface area contributed by atoms with Crippen LogP contribution in [0, 0.1) is 0 Å². The highest BCUT2D eigenvalue weighted by Crippen LogP contribution is 2.24. The molecule has 0 saturated carbocycles. The molecular formula is C20H22N2O5. The predicted molar refractivity (Wildman–Crippen MR) is 97.6 cm³/mol. The third-order valence-electron chi connectivity index (χ3n) is 5.14. The summed E-state index contributed by atoms with van der Waals surface area (Å²) in [4.78, 5) is 26.9. The van der Waals surface area contributed by atoms with Gasteiger partial charge in [0, 0.05) is 45.1 Å². The second-order valence-electron chi connectivity index (χ2n) is 7.08. The molecule has 1 N–H and O–H groups in total. The minimum atomic E-state index is -0.915. The summed E-state index contributed by atoms with van der Waals surface area (Å²) in [7, 11) is 0. The van der Waals surface area contributed by atoms with E-state index in [1.165, 1.54) is 28.4 Å². The number of ether oxygens (including phenoxy) is 1. The van der Waals surface area contributed by atoms with Crippen molar-refractivity contribution in [3.05, 3.63) is 63.7 Å². The average Bonchev–Trinajstić information content (AvgIpc) is 3.06. The lowest BCUT2D eigenvalue weighted by Crippen LogP contribution is -2.41. The average molecular weight is 370 g/mol. The molecule has 7 heteroatoms. The van der Waals surface area contributed by atoms with Gasteiger partial charge in [-0.3, -0.25) is 9.69 Å². The number of hydrogen-bond donors (Lipinski definition) is 1. The number of amides is 1. The van der Waals surface area contributed by atoms with E-state index < -0.39 is 6.09 Å².